The van der Waals surface area contributed by atoms with Crippen molar-refractivity contribution in [3.05, 3.63) is 89.1 Å². The van der Waals surface area contributed by atoms with Crippen molar-refractivity contribution in [2.24, 2.45) is 5.92 Å². The first kappa shape index (κ1) is 20.1. The van der Waals surface area contributed by atoms with Crippen LogP contribution in [-0.2, 0) is 16.1 Å². The maximum absolute atomic E-state index is 13.5. The molecule has 2 aromatic carbocycles. The summed E-state index contributed by atoms with van der Waals surface area (Å²) in [7, 11) is 0. The van der Waals surface area contributed by atoms with Crippen molar-refractivity contribution in [1.29, 1.82) is 0 Å². The Bertz CT molecular complexity index is 1060. The molecule has 0 N–H and O–H groups in total. The normalized spacial score (nSPS) is 16.0. The second kappa shape index (κ2) is 8.67. The summed E-state index contributed by atoms with van der Waals surface area (Å²) in [6.45, 7) is 2.64. The summed E-state index contributed by atoms with van der Waals surface area (Å²) in [5.41, 5.74) is 2.67. The van der Waals surface area contributed by atoms with Gasteiger partial charge >= 0.3 is 0 Å². The molecule has 2 amide bonds. The molecule has 1 aromatic heterocycles. The molecule has 4 rings (SSSR count). The van der Waals surface area contributed by atoms with Crippen LogP contribution in [0.2, 0.25) is 5.02 Å². The lowest BCUT2D eigenvalue weighted by molar-refractivity contribution is -0.124. The summed E-state index contributed by atoms with van der Waals surface area (Å²) in [5.74, 6) is -0.0421. The number of nitrogens with zero attached hydrogens (tertiary/aromatic N) is 3. The second-order valence-corrected chi connectivity index (χ2v) is 7.84. The van der Waals surface area contributed by atoms with Crippen LogP contribution in [0.5, 0.6) is 0 Å². The summed E-state index contributed by atoms with van der Waals surface area (Å²) in [5, 5.41) is 0.606. The van der Waals surface area contributed by atoms with Crippen molar-refractivity contribution in [2.75, 3.05) is 16.3 Å². The first-order valence-corrected chi connectivity index (χ1v) is 10.2. The Balaban J connectivity index is 1.58. The Hall–Kier alpha value is -3.18. The fraction of sp³-hybridized carbons (Fsp3) is 0.208. The topological polar surface area (TPSA) is 53.5 Å². The molecule has 5 nitrogen and oxygen atoms in total. The van der Waals surface area contributed by atoms with E-state index < -0.39 is 5.92 Å². The second-order valence-electron chi connectivity index (χ2n) is 7.44. The first-order valence-electron chi connectivity index (χ1n) is 9.86. The van der Waals surface area contributed by atoms with Gasteiger partial charge in [-0.3, -0.25) is 14.5 Å². The first-order chi connectivity index (χ1) is 14.5. The van der Waals surface area contributed by atoms with E-state index in [0.29, 0.717) is 23.9 Å². The fourth-order valence-corrected chi connectivity index (χ4v) is 3.82. The van der Waals surface area contributed by atoms with Crippen LogP contribution in [0.15, 0.2) is 72.9 Å². The van der Waals surface area contributed by atoms with Gasteiger partial charge < -0.3 is 4.90 Å². The van der Waals surface area contributed by atoms with E-state index in [1.807, 2.05) is 67.6 Å². The summed E-state index contributed by atoms with van der Waals surface area (Å²) in [6, 6.07) is 20.8. The third kappa shape index (κ3) is 4.21. The van der Waals surface area contributed by atoms with Gasteiger partial charge in [0.25, 0.3) is 0 Å². The number of aromatic nitrogens is 1. The molecule has 0 spiro atoms. The largest absolute Gasteiger partial charge is 0.312 e. The Labute approximate surface area is 180 Å². The van der Waals surface area contributed by atoms with E-state index in [1.54, 1.807) is 22.1 Å². The predicted molar refractivity (Wildman–Crippen MR) is 119 cm³/mol. The molecule has 1 saturated heterocycles. The van der Waals surface area contributed by atoms with Gasteiger partial charge in [0.1, 0.15) is 5.82 Å². The molecule has 1 unspecified atom stereocenters. The number of pyridine rings is 1. The molecule has 0 aliphatic carbocycles. The molecule has 1 atom stereocenters. The number of anilines is 2. The van der Waals surface area contributed by atoms with Gasteiger partial charge in [-0.05, 0) is 42.3 Å². The summed E-state index contributed by atoms with van der Waals surface area (Å²) < 4.78 is 0. The van der Waals surface area contributed by atoms with Crippen LogP contribution in [0.25, 0.3) is 0 Å². The SMILES string of the molecule is Cc1ccc(N2CC(C(=O)N(Cc3ccccc3)c3ccccn3)CC2=O)cc1Cl. The minimum Gasteiger partial charge on any atom is -0.312 e. The molecule has 2 heterocycles. The van der Waals surface area contributed by atoms with E-state index in [0.717, 1.165) is 16.8 Å². The standard InChI is InChI=1S/C24H22ClN3O2/c1-17-10-11-20(14-21(17)25)27-16-19(13-23(27)29)24(30)28(22-9-5-6-12-26-22)15-18-7-3-2-4-8-18/h2-12,14,19H,13,15-16H2,1H3. The van der Waals surface area contributed by atoms with Gasteiger partial charge in [-0.2, -0.15) is 0 Å². The Morgan fingerprint density at radius 3 is 2.60 bits per heavy atom. The average molecular weight is 420 g/mol. The molecule has 0 radical (unpaired) electrons. The highest BCUT2D eigenvalue weighted by Gasteiger charge is 2.38. The third-order valence-electron chi connectivity index (χ3n) is 5.32. The highest BCUT2D eigenvalue weighted by Crippen LogP contribution is 2.30. The lowest BCUT2D eigenvalue weighted by atomic mass is 10.1. The van der Waals surface area contributed by atoms with Crippen LogP contribution < -0.4 is 9.80 Å². The van der Waals surface area contributed by atoms with Gasteiger partial charge in [-0.1, -0.05) is 54.1 Å². The van der Waals surface area contributed by atoms with Crippen LogP contribution >= 0.6 is 11.6 Å². The van der Waals surface area contributed by atoms with Crippen molar-refractivity contribution in [1.82, 2.24) is 4.98 Å². The van der Waals surface area contributed by atoms with Crippen LogP contribution in [0, 0.1) is 12.8 Å². The quantitative estimate of drug-likeness (QED) is 0.605. The number of hydrogen-bond donors (Lipinski definition) is 0. The lowest BCUT2D eigenvalue weighted by Crippen LogP contribution is -2.37. The van der Waals surface area contributed by atoms with E-state index in [9.17, 15) is 9.59 Å². The number of carbonyl (C=O) groups is 2. The zero-order valence-electron chi connectivity index (χ0n) is 16.7. The van der Waals surface area contributed by atoms with Crippen LogP contribution in [0.4, 0.5) is 11.5 Å². The Morgan fingerprint density at radius 2 is 1.90 bits per heavy atom. The van der Waals surface area contributed by atoms with Crippen molar-refractivity contribution < 1.29 is 9.59 Å². The van der Waals surface area contributed by atoms with E-state index in [1.165, 1.54) is 0 Å². The minimum atomic E-state index is -0.441. The third-order valence-corrected chi connectivity index (χ3v) is 5.72. The predicted octanol–water partition coefficient (Wildman–Crippen LogP) is 4.63. The number of halogens is 1. The van der Waals surface area contributed by atoms with Gasteiger partial charge in [0.15, 0.2) is 0 Å². The molecule has 152 valence electrons. The van der Waals surface area contributed by atoms with Gasteiger partial charge in [0.2, 0.25) is 11.8 Å². The molecule has 1 aliphatic heterocycles. The maximum Gasteiger partial charge on any atom is 0.233 e. The molecule has 0 bridgehead atoms. The Kier molecular flexibility index (Phi) is 5.81. The van der Waals surface area contributed by atoms with E-state index in [-0.39, 0.29) is 18.2 Å². The molecule has 6 heteroatoms. The highest BCUT2D eigenvalue weighted by atomic mass is 35.5. The van der Waals surface area contributed by atoms with Crippen molar-refractivity contribution in [3.8, 4) is 0 Å². The lowest BCUT2D eigenvalue weighted by Gasteiger charge is -2.25. The molecule has 0 saturated carbocycles. The summed E-state index contributed by atoms with van der Waals surface area (Å²) in [4.78, 5) is 33.9. The van der Waals surface area contributed by atoms with Crippen molar-refractivity contribution in [2.45, 2.75) is 19.9 Å². The highest BCUT2D eigenvalue weighted by molar-refractivity contribution is 6.31. The van der Waals surface area contributed by atoms with Crippen LogP contribution in [0.3, 0.4) is 0 Å². The zero-order chi connectivity index (χ0) is 21.1. The minimum absolute atomic E-state index is 0.0750. The van der Waals surface area contributed by atoms with Gasteiger partial charge in [-0.15, -0.1) is 0 Å². The van der Waals surface area contributed by atoms with E-state index in [4.69, 9.17) is 11.6 Å². The number of benzene rings is 2. The van der Waals surface area contributed by atoms with E-state index >= 15 is 0 Å². The fourth-order valence-electron chi connectivity index (χ4n) is 3.64. The summed E-state index contributed by atoms with van der Waals surface area (Å²) >= 11 is 6.24. The van der Waals surface area contributed by atoms with Gasteiger partial charge in [0, 0.05) is 29.9 Å². The van der Waals surface area contributed by atoms with Crippen LogP contribution in [-0.4, -0.2) is 23.3 Å². The number of amides is 2. The molecule has 1 aliphatic rings. The summed E-state index contributed by atoms with van der Waals surface area (Å²) in [6.07, 6.45) is 1.84. The smallest absolute Gasteiger partial charge is 0.233 e. The molecular formula is C24H22ClN3O2. The monoisotopic (exact) mass is 419 g/mol. The Morgan fingerprint density at radius 1 is 1.13 bits per heavy atom. The number of aryl methyl sites for hydroxylation is 1. The number of rotatable bonds is 5. The average Bonchev–Trinajstić information content (AvgIpc) is 3.16. The van der Waals surface area contributed by atoms with E-state index in [2.05, 4.69) is 4.98 Å². The molecule has 1 fully saturated rings. The maximum atomic E-state index is 13.5. The molecular weight excluding hydrogens is 398 g/mol. The van der Waals surface area contributed by atoms with Crippen molar-refractivity contribution in [3.63, 3.8) is 0 Å². The number of carbonyl (C=O) groups excluding carboxylic acids is 2. The number of hydrogen-bond acceptors (Lipinski definition) is 3. The molecule has 3 aromatic rings. The van der Waals surface area contributed by atoms with Crippen molar-refractivity contribution >= 4 is 34.9 Å². The van der Waals surface area contributed by atoms with Crippen LogP contribution in [0.1, 0.15) is 17.5 Å². The zero-order valence-corrected chi connectivity index (χ0v) is 17.4. The van der Waals surface area contributed by atoms with Gasteiger partial charge in [-0.25, -0.2) is 4.98 Å². The molecule has 30 heavy (non-hydrogen) atoms. The van der Waals surface area contributed by atoms with Gasteiger partial charge in [0.05, 0.1) is 12.5 Å².